The highest BCUT2D eigenvalue weighted by Gasteiger charge is 2.22. The number of primary amides is 1. The van der Waals surface area contributed by atoms with Gasteiger partial charge in [-0.05, 0) is 24.1 Å². The summed E-state index contributed by atoms with van der Waals surface area (Å²) in [6, 6.07) is 15.5. The minimum absolute atomic E-state index is 0.0140. The van der Waals surface area contributed by atoms with Gasteiger partial charge in [0.1, 0.15) is 5.00 Å². The molecule has 3 N–H and O–H groups in total. The van der Waals surface area contributed by atoms with Crippen LogP contribution in [0.5, 0.6) is 5.75 Å². The van der Waals surface area contributed by atoms with Gasteiger partial charge in [-0.2, -0.15) is 0 Å². The zero-order valence-electron chi connectivity index (χ0n) is 16.1. The normalized spacial score (nSPS) is 10.4. The van der Waals surface area contributed by atoms with Gasteiger partial charge in [0, 0.05) is 17.4 Å². The number of para-hydroxylation sites is 2. The fraction of sp³-hybridized carbons (Fsp3) is 0.143. The number of nitrogens with one attached hydrogen (secondary N) is 1. The zero-order chi connectivity index (χ0) is 21.7. The average molecular weight is 425 g/mol. The summed E-state index contributed by atoms with van der Waals surface area (Å²) in [7, 11) is 0. The molecule has 1 heterocycles. The largest absolute Gasteiger partial charge is 0.477 e. The SMILES string of the molecule is Cc1c(Cc2ccccc2)sc(NC(=O)COc2ccccc2[N+](=O)[O-])c1C(N)=O. The number of ether oxygens (including phenoxy) is 1. The molecule has 0 atom stereocenters. The maximum Gasteiger partial charge on any atom is 0.310 e. The van der Waals surface area contributed by atoms with Crippen LogP contribution in [0.1, 0.15) is 26.4 Å². The highest BCUT2D eigenvalue weighted by atomic mass is 32.1. The highest BCUT2D eigenvalue weighted by Crippen LogP contribution is 2.34. The number of hydrogen-bond donors (Lipinski definition) is 2. The maximum absolute atomic E-state index is 12.4. The van der Waals surface area contributed by atoms with Gasteiger partial charge in [0.15, 0.2) is 12.4 Å². The van der Waals surface area contributed by atoms with E-state index in [2.05, 4.69) is 5.32 Å². The first-order chi connectivity index (χ1) is 14.4. The number of benzene rings is 2. The molecule has 0 aliphatic carbocycles. The molecule has 3 aromatic rings. The lowest BCUT2D eigenvalue weighted by atomic mass is 10.1. The molecule has 0 aliphatic heterocycles. The van der Waals surface area contributed by atoms with Crippen molar-refractivity contribution >= 4 is 33.8 Å². The van der Waals surface area contributed by atoms with Gasteiger partial charge in [-0.1, -0.05) is 42.5 Å². The molecule has 0 saturated carbocycles. The summed E-state index contributed by atoms with van der Waals surface area (Å²) in [5.74, 6) is -1.21. The first-order valence-electron chi connectivity index (χ1n) is 8.99. The fourth-order valence-corrected chi connectivity index (χ4v) is 4.19. The molecular formula is C21H19N3O5S. The van der Waals surface area contributed by atoms with Crippen molar-refractivity contribution in [1.82, 2.24) is 0 Å². The minimum Gasteiger partial charge on any atom is -0.477 e. The van der Waals surface area contributed by atoms with E-state index >= 15 is 0 Å². The Morgan fingerprint density at radius 2 is 1.80 bits per heavy atom. The lowest BCUT2D eigenvalue weighted by molar-refractivity contribution is -0.385. The monoisotopic (exact) mass is 425 g/mol. The van der Waals surface area contributed by atoms with Crippen LogP contribution in [0.4, 0.5) is 10.7 Å². The van der Waals surface area contributed by atoms with Crippen molar-refractivity contribution in [3.63, 3.8) is 0 Å². The first kappa shape index (κ1) is 21.0. The molecule has 2 aromatic carbocycles. The van der Waals surface area contributed by atoms with Gasteiger partial charge in [0.05, 0.1) is 10.5 Å². The number of hydrogen-bond acceptors (Lipinski definition) is 6. The van der Waals surface area contributed by atoms with Crippen LogP contribution in [0.2, 0.25) is 0 Å². The Labute approximate surface area is 176 Å². The van der Waals surface area contributed by atoms with Gasteiger partial charge in [-0.25, -0.2) is 0 Å². The van der Waals surface area contributed by atoms with Crippen LogP contribution in [-0.4, -0.2) is 23.3 Å². The van der Waals surface area contributed by atoms with E-state index in [-0.39, 0.29) is 17.0 Å². The second-order valence-electron chi connectivity index (χ2n) is 6.44. The molecule has 30 heavy (non-hydrogen) atoms. The molecule has 0 spiro atoms. The predicted molar refractivity (Wildman–Crippen MR) is 114 cm³/mol. The Bertz CT molecular complexity index is 1100. The molecule has 0 fully saturated rings. The van der Waals surface area contributed by atoms with Crippen molar-refractivity contribution in [2.45, 2.75) is 13.3 Å². The second-order valence-corrected chi connectivity index (χ2v) is 7.55. The highest BCUT2D eigenvalue weighted by molar-refractivity contribution is 7.17. The Balaban J connectivity index is 1.75. The lowest BCUT2D eigenvalue weighted by Gasteiger charge is -2.07. The van der Waals surface area contributed by atoms with Crippen LogP contribution >= 0.6 is 11.3 Å². The van der Waals surface area contributed by atoms with Crippen molar-refractivity contribution < 1.29 is 19.2 Å². The molecule has 1 aromatic heterocycles. The van der Waals surface area contributed by atoms with E-state index in [4.69, 9.17) is 10.5 Å². The van der Waals surface area contributed by atoms with Gasteiger partial charge in [-0.3, -0.25) is 19.7 Å². The predicted octanol–water partition coefficient (Wildman–Crippen LogP) is 3.67. The number of nitro groups is 1. The summed E-state index contributed by atoms with van der Waals surface area (Å²) >= 11 is 1.27. The standard InChI is InChI=1S/C21H19N3O5S/c1-13-17(11-14-7-3-2-4-8-14)30-21(19(13)20(22)26)23-18(25)12-29-16-10-6-5-9-15(16)24(27)28/h2-10H,11-12H2,1H3,(H2,22,26)(H,23,25). The number of nitrogens with zero attached hydrogens (tertiary/aromatic N) is 1. The number of thiophene rings is 1. The van der Waals surface area contributed by atoms with Crippen molar-refractivity contribution in [2.24, 2.45) is 5.73 Å². The van der Waals surface area contributed by atoms with E-state index in [1.54, 1.807) is 13.0 Å². The van der Waals surface area contributed by atoms with Crippen molar-refractivity contribution in [3.8, 4) is 5.75 Å². The lowest BCUT2D eigenvalue weighted by Crippen LogP contribution is -2.22. The number of carbonyl (C=O) groups excluding carboxylic acids is 2. The molecule has 0 aliphatic rings. The summed E-state index contributed by atoms with van der Waals surface area (Å²) in [5, 5.41) is 14.0. The summed E-state index contributed by atoms with van der Waals surface area (Å²) in [4.78, 5) is 35.7. The molecule has 2 amide bonds. The van der Waals surface area contributed by atoms with Crippen LogP contribution in [0.25, 0.3) is 0 Å². The van der Waals surface area contributed by atoms with E-state index in [9.17, 15) is 19.7 Å². The second kappa shape index (κ2) is 9.19. The Morgan fingerprint density at radius 3 is 2.47 bits per heavy atom. The third-order valence-electron chi connectivity index (χ3n) is 4.37. The van der Waals surface area contributed by atoms with E-state index in [1.165, 1.54) is 29.5 Å². The molecule has 9 heteroatoms. The molecule has 0 saturated heterocycles. The Morgan fingerprint density at radius 1 is 1.13 bits per heavy atom. The molecule has 0 unspecified atom stereocenters. The van der Waals surface area contributed by atoms with Crippen LogP contribution < -0.4 is 15.8 Å². The third-order valence-corrected chi connectivity index (χ3v) is 5.58. The Kier molecular flexibility index (Phi) is 6.43. The molecule has 154 valence electrons. The molecule has 8 nitrogen and oxygen atoms in total. The summed E-state index contributed by atoms with van der Waals surface area (Å²) in [6.45, 7) is 1.34. The topological polar surface area (TPSA) is 125 Å². The summed E-state index contributed by atoms with van der Waals surface area (Å²) in [5.41, 5.74) is 7.32. The van der Waals surface area contributed by atoms with E-state index in [0.717, 1.165) is 10.4 Å². The quantitative estimate of drug-likeness (QED) is 0.421. The first-order valence-corrected chi connectivity index (χ1v) is 9.80. The van der Waals surface area contributed by atoms with Crippen LogP contribution in [0.3, 0.4) is 0 Å². The smallest absolute Gasteiger partial charge is 0.310 e. The van der Waals surface area contributed by atoms with Gasteiger partial charge in [-0.15, -0.1) is 11.3 Å². The molecule has 0 radical (unpaired) electrons. The fourth-order valence-electron chi connectivity index (χ4n) is 2.93. The summed E-state index contributed by atoms with van der Waals surface area (Å²) in [6.07, 6.45) is 0.597. The van der Waals surface area contributed by atoms with Gasteiger partial charge in [0.25, 0.3) is 11.8 Å². The Hall–Kier alpha value is -3.72. The zero-order valence-corrected chi connectivity index (χ0v) is 16.9. The molecular weight excluding hydrogens is 406 g/mol. The molecule has 0 bridgehead atoms. The number of nitro benzene ring substituents is 1. The third kappa shape index (κ3) is 4.81. The van der Waals surface area contributed by atoms with E-state index in [0.29, 0.717) is 17.0 Å². The van der Waals surface area contributed by atoms with Crippen LogP contribution in [0.15, 0.2) is 54.6 Å². The number of carbonyl (C=O) groups is 2. The van der Waals surface area contributed by atoms with Crippen molar-refractivity contribution in [1.29, 1.82) is 0 Å². The van der Waals surface area contributed by atoms with Gasteiger partial charge >= 0.3 is 5.69 Å². The average Bonchev–Trinajstić information content (AvgIpc) is 3.02. The minimum atomic E-state index is -0.641. The van der Waals surface area contributed by atoms with Crippen molar-refractivity contribution in [3.05, 3.63) is 86.3 Å². The number of nitrogens with two attached hydrogens (primary N) is 1. The van der Waals surface area contributed by atoms with E-state index in [1.807, 2.05) is 30.3 Å². The van der Waals surface area contributed by atoms with Gasteiger partial charge < -0.3 is 15.8 Å². The number of amides is 2. The van der Waals surface area contributed by atoms with Gasteiger partial charge in [0.2, 0.25) is 0 Å². The maximum atomic E-state index is 12.4. The number of anilines is 1. The van der Waals surface area contributed by atoms with Crippen molar-refractivity contribution in [2.75, 3.05) is 11.9 Å². The number of rotatable bonds is 8. The van der Waals surface area contributed by atoms with Crippen LogP contribution in [0, 0.1) is 17.0 Å². The summed E-state index contributed by atoms with van der Waals surface area (Å²) < 4.78 is 5.30. The van der Waals surface area contributed by atoms with Crippen LogP contribution in [-0.2, 0) is 11.2 Å². The van der Waals surface area contributed by atoms with E-state index < -0.39 is 23.3 Å². The molecule has 3 rings (SSSR count).